The van der Waals surface area contributed by atoms with Crippen LogP contribution >= 0.6 is 0 Å². The monoisotopic (exact) mass is 421 g/mol. The Hall–Kier alpha value is -3.66. The van der Waals surface area contributed by atoms with Crippen LogP contribution in [0.15, 0.2) is 60.7 Å². The Bertz CT molecular complexity index is 938. The minimum absolute atomic E-state index is 0.131. The molecule has 0 bridgehead atoms. The fourth-order valence-electron chi connectivity index (χ4n) is 2.74. The van der Waals surface area contributed by atoms with Gasteiger partial charge in [-0.15, -0.1) is 0 Å². The van der Waals surface area contributed by atoms with Crippen molar-refractivity contribution in [1.82, 2.24) is 10.6 Å². The number of nitrogens with zero attached hydrogens (tertiary/aromatic N) is 1. The molecule has 0 aliphatic heterocycles. The molecule has 0 saturated heterocycles. The molecule has 0 aliphatic rings. The van der Waals surface area contributed by atoms with E-state index in [-0.39, 0.29) is 12.3 Å². The summed E-state index contributed by atoms with van der Waals surface area (Å²) in [6, 6.07) is 18.8. The Morgan fingerprint density at radius 2 is 1.61 bits per heavy atom. The van der Waals surface area contributed by atoms with E-state index in [4.69, 9.17) is 4.74 Å². The number of ether oxygens (including phenoxy) is 1. The Balaban J connectivity index is 2.06. The third-order valence-electron chi connectivity index (χ3n) is 5.04. The average Bonchev–Trinajstić information content (AvgIpc) is 2.78. The highest BCUT2D eigenvalue weighted by Crippen LogP contribution is 2.15. The fraction of sp³-hybridized carbons (Fsp3) is 0.333. The van der Waals surface area contributed by atoms with Gasteiger partial charge in [0.15, 0.2) is 6.61 Å². The van der Waals surface area contributed by atoms with Crippen LogP contribution in [0.25, 0.3) is 0 Å². The van der Waals surface area contributed by atoms with Gasteiger partial charge in [0.05, 0.1) is 6.07 Å². The molecule has 0 fully saturated rings. The summed E-state index contributed by atoms with van der Waals surface area (Å²) >= 11 is 0. The first-order chi connectivity index (χ1) is 14.7. The van der Waals surface area contributed by atoms with Crippen LogP contribution in [-0.4, -0.2) is 36.0 Å². The highest BCUT2D eigenvalue weighted by atomic mass is 16.5. The molecule has 31 heavy (non-hydrogen) atoms. The number of hydrogen-bond acceptors (Lipinski definition) is 5. The van der Waals surface area contributed by atoms with Gasteiger partial charge < -0.3 is 15.4 Å². The summed E-state index contributed by atoms with van der Waals surface area (Å²) in [6.45, 7) is 4.68. The Kier molecular flexibility index (Phi) is 8.33. The number of esters is 1. The van der Waals surface area contributed by atoms with Gasteiger partial charge in [0.25, 0.3) is 11.8 Å². The van der Waals surface area contributed by atoms with E-state index in [1.807, 2.05) is 44.2 Å². The zero-order valence-corrected chi connectivity index (χ0v) is 17.9. The van der Waals surface area contributed by atoms with Crippen LogP contribution in [-0.2, 0) is 20.7 Å². The molecule has 0 heterocycles. The number of amides is 2. The largest absolute Gasteiger partial charge is 0.454 e. The van der Waals surface area contributed by atoms with Crippen molar-refractivity contribution >= 4 is 17.8 Å². The summed E-state index contributed by atoms with van der Waals surface area (Å²) in [7, 11) is 0. The van der Waals surface area contributed by atoms with Gasteiger partial charge >= 0.3 is 5.97 Å². The Morgan fingerprint density at radius 3 is 2.16 bits per heavy atom. The number of hydrogen-bond donors (Lipinski definition) is 2. The fourth-order valence-corrected chi connectivity index (χ4v) is 2.74. The molecule has 2 rings (SSSR count). The van der Waals surface area contributed by atoms with Gasteiger partial charge in [-0.3, -0.25) is 9.59 Å². The molecule has 2 aromatic rings. The van der Waals surface area contributed by atoms with Crippen LogP contribution in [0, 0.1) is 17.2 Å². The zero-order chi connectivity index (χ0) is 22.9. The second-order valence-corrected chi connectivity index (χ2v) is 7.71. The molecule has 2 aromatic carbocycles. The second-order valence-electron chi connectivity index (χ2n) is 7.71. The lowest BCUT2D eigenvalue weighted by Gasteiger charge is -2.27. The molecule has 0 saturated carbocycles. The number of rotatable bonds is 9. The van der Waals surface area contributed by atoms with Crippen molar-refractivity contribution in [2.45, 2.75) is 38.8 Å². The number of benzene rings is 2. The van der Waals surface area contributed by atoms with E-state index in [0.717, 1.165) is 5.56 Å². The Labute approximate surface area is 182 Å². The van der Waals surface area contributed by atoms with Crippen LogP contribution in [0.1, 0.15) is 36.7 Å². The van der Waals surface area contributed by atoms with Gasteiger partial charge in [0.2, 0.25) is 0 Å². The van der Waals surface area contributed by atoms with Gasteiger partial charge in [-0.25, -0.2) is 4.79 Å². The molecular formula is C24H27N3O4. The predicted octanol–water partition coefficient (Wildman–Crippen LogP) is 2.63. The molecule has 0 aliphatic carbocycles. The van der Waals surface area contributed by atoms with Crippen LogP contribution in [0.4, 0.5) is 0 Å². The first kappa shape index (κ1) is 23.6. The highest BCUT2D eigenvalue weighted by Gasteiger charge is 2.31. The van der Waals surface area contributed by atoms with Gasteiger partial charge in [-0.05, 0) is 30.5 Å². The van der Waals surface area contributed by atoms with Gasteiger partial charge in [0, 0.05) is 12.0 Å². The smallest absolute Gasteiger partial charge is 0.329 e. The summed E-state index contributed by atoms with van der Waals surface area (Å²) < 4.78 is 5.17. The van der Waals surface area contributed by atoms with E-state index in [1.165, 1.54) is 0 Å². The molecule has 2 atom stereocenters. The second kappa shape index (κ2) is 10.9. The van der Waals surface area contributed by atoms with Crippen molar-refractivity contribution in [2.24, 2.45) is 5.92 Å². The molecule has 7 nitrogen and oxygen atoms in total. The maximum Gasteiger partial charge on any atom is 0.329 e. The quantitative estimate of drug-likeness (QED) is 0.605. The number of carbonyl (C=O) groups is 3. The molecule has 162 valence electrons. The van der Waals surface area contributed by atoms with Crippen LogP contribution in [0.5, 0.6) is 0 Å². The molecule has 7 heteroatoms. The van der Waals surface area contributed by atoms with Crippen molar-refractivity contribution in [3.63, 3.8) is 0 Å². The molecule has 0 radical (unpaired) electrons. The molecule has 2 N–H and O–H groups in total. The maximum absolute atomic E-state index is 12.7. The first-order valence-corrected chi connectivity index (χ1v) is 10.0. The van der Waals surface area contributed by atoms with Crippen LogP contribution in [0.3, 0.4) is 0 Å². The standard InChI is InChI=1S/C24H27N3O4/c1-17(2)24(3,16-25)27-21(28)15-31-23(30)20(14-18-10-6-4-7-11-18)26-22(29)19-12-8-5-9-13-19/h4-13,17,20H,14-15H2,1-3H3,(H,26,29)(H,27,28)/t20-,24+/m1/s1. The molecule has 0 spiro atoms. The topological polar surface area (TPSA) is 108 Å². The summed E-state index contributed by atoms with van der Waals surface area (Å²) in [5.41, 5.74) is 0.168. The molecule has 2 amide bonds. The van der Waals surface area contributed by atoms with E-state index < -0.39 is 36.0 Å². The lowest BCUT2D eigenvalue weighted by molar-refractivity contribution is -0.150. The van der Waals surface area contributed by atoms with Crippen molar-refractivity contribution in [3.05, 3.63) is 71.8 Å². The SMILES string of the molecule is CC(C)[C@](C)(C#N)NC(=O)COC(=O)[C@@H](Cc1ccccc1)NC(=O)c1ccccc1. The average molecular weight is 421 g/mol. The molecule has 0 aromatic heterocycles. The lowest BCUT2D eigenvalue weighted by atomic mass is 9.90. The first-order valence-electron chi connectivity index (χ1n) is 10.0. The lowest BCUT2D eigenvalue weighted by Crippen LogP contribution is -2.51. The molecular weight excluding hydrogens is 394 g/mol. The van der Waals surface area contributed by atoms with E-state index >= 15 is 0 Å². The summed E-state index contributed by atoms with van der Waals surface area (Å²) in [4.78, 5) is 37.5. The zero-order valence-electron chi connectivity index (χ0n) is 17.9. The molecule has 0 unspecified atom stereocenters. The van der Waals surface area contributed by atoms with Crippen molar-refractivity contribution < 1.29 is 19.1 Å². The van der Waals surface area contributed by atoms with E-state index in [0.29, 0.717) is 5.56 Å². The summed E-state index contributed by atoms with van der Waals surface area (Å²) in [5, 5.41) is 14.6. The van der Waals surface area contributed by atoms with E-state index in [2.05, 4.69) is 16.7 Å². The third kappa shape index (κ3) is 6.96. The van der Waals surface area contributed by atoms with Crippen molar-refractivity contribution in [2.75, 3.05) is 6.61 Å². The summed E-state index contributed by atoms with van der Waals surface area (Å²) in [5.74, 6) is -1.86. The number of nitriles is 1. The van der Waals surface area contributed by atoms with Crippen LogP contribution in [0.2, 0.25) is 0 Å². The van der Waals surface area contributed by atoms with Crippen molar-refractivity contribution in [1.29, 1.82) is 5.26 Å². The predicted molar refractivity (Wildman–Crippen MR) is 116 cm³/mol. The minimum Gasteiger partial charge on any atom is -0.454 e. The van der Waals surface area contributed by atoms with Crippen molar-refractivity contribution in [3.8, 4) is 6.07 Å². The van der Waals surface area contributed by atoms with Gasteiger partial charge in [0.1, 0.15) is 11.6 Å². The van der Waals surface area contributed by atoms with E-state index in [9.17, 15) is 19.6 Å². The van der Waals surface area contributed by atoms with Gasteiger partial charge in [-0.1, -0.05) is 62.4 Å². The normalized spacial score (nSPS) is 13.4. The minimum atomic E-state index is -1.07. The van der Waals surface area contributed by atoms with E-state index in [1.54, 1.807) is 37.3 Å². The third-order valence-corrected chi connectivity index (χ3v) is 5.04. The number of nitrogens with one attached hydrogen (secondary N) is 2. The van der Waals surface area contributed by atoms with Gasteiger partial charge in [-0.2, -0.15) is 5.26 Å². The number of carbonyl (C=O) groups excluding carboxylic acids is 3. The Morgan fingerprint density at radius 1 is 1.03 bits per heavy atom. The highest BCUT2D eigenvalue weighted by molar-refractivity contribution is 5.97. The summed E-state index contributed by atoms with van der Waals surface area (Å²) in [6.07, 6.45) is 0.210. The van der Waals surface area contributed by atoms with Crippen LogP contribution < -0.4 is 10.6 Å². The maximum atomic E-state index is 12.7.